The standard InChI is InChI=1S/C31H34FN4O7P/c1-20(21(2)40-18-22-10-5-4-6-11-22)35-44(39,43-25-15-9-13-23-12-7-8-14-24(23)25)41-19-26-28(37)31(3,32)29(42-26)36-17-16-27(33)34-30(36)38/h4-17,20,26,28-29,37H,2,18-19H2,1,3H3,(H,35,39)(H2,33,34,38)/t20-,26+,28?,29+,31?,44?/m0/s1. The van der Waals surface area contributed by atoms with Crippen LogP contribution in [0.2, 0.25) is 0 Å². The first-order valence-electron chi connectivity index (χ1n) is 13.9. The van der Waals surface area contributed by atoms with Crippen LogP contribution in [0.4, 0.5) is 10.2 Å². The van der Waals surface area contributed by atoms with Gasteiger partial charge in [0.15, 0.2) is 11.9 Å². The van der Waals surface area contributed by atoms with E-state index < -0.39 is 50.2 Å². The van der Waals surface area contributed by atoms with Crippen LogP contribution in [-0.2, 0) is 25.2 Å². The molecular weight excluding hydrogens is 590 g/mol. The van der Waals surface area contributed by atoms with E-state index in [9.17, 15) is 14.5 Å². The highest BCUT2D eigenvalue weighted by Crippen LogP contribution is 2.49. The number of anilines is 1. The van der Waals surface area contributed by atoms with Gasteiger partial charge in [0.2, 0.25) is 0 Å². The Kier molecular flexibility index (Phi) is 9.19. The van der Waals surface area contributed by atoms with Gasteiger partial charge < -0.3 is 24.8 Å². The zero-order chi connectivity index (χ0) is 31.5. The van der Waals surface area contributed by atoms with E-state index in [1.54, 1.807) is 19.1 Å². The summed E-state index contributed by atoms with van der Waals surface area (Å²) >= 11 is 0. The number of aliphatic hydroxyl groups is 1. The first-order valence-corrected chi connectivity index (χ1v) is 15.4. The molecular formula is C31H34FN4O7P. The number of alkyl halides is 1. The monoisotopic (exact) mass is 624 g/mol. The van der Waals surface area contributed by atoms with Gasteiger partial charge in [-0.25, -0.2) is 18.8 Å². The van der Waals surface area contributed by atoms with Crippen molar-refractivity contribution in [3.8, 4) is 5.75 Å². The number of ether oxygens (including phenoxy) is 2. The second-order valence-corrected chi connectivity index (χ2v) is 12.3. The van der Waals surface area contributed by atoms with Gasteiger partial charge in [-0.2, -0.15) is 4.98 Å². The Bertz CT molecular complexity index is 1730. The summed E-state index contributed by atoms with van der Waals surface area (Å²) in [5, 5.41) is 15.2. The average Bonchev–Trinajstić information content (AvgIpc) is 3.23. The number of benzene rings is 3. The SMILES string of the molecule is C=C(OCc1ccccc1)[C@H](C)NP(=O)(OC[C@H]1O[C@@H](n2ccc(N)nc2=O)C(C)(F)C1O)Oc1cccc2ccccc12. The van der Waals surface area contributed by atoms with E-state index in [1.807, 2.05) is 60.7 Å². The van der Waals surface area contributed by atoms with Gasteiger partial charge in [-0.05, 0) is 36.9 Å². The summed E-state index contributed by atoms with van der Waals surface area (Å²) in [5.74, 6) is 0.483. The summed E-state index contributed by atoms with van der Waals surface area (Å²) in [5.41, 5.74) is 3.18. The van der Waals surface area contributed by atoms with Crippen molar-refractivity contribution in [1.29, 1.82) is 0 Å². The highest BCUT2D eigenvalue weighted by atomic mass is 31.2. The van der Waals surface area contributed by atoms with Crippen molar-refractivity contribution in [3.05, 3.63) is 113 Å². The fourth-order valence-electron chi connectivity index (χ4n) is 4.81. The Balaban J connectivity index is 1.36. The third-order valence-electron chi connectivity index (χ3n) is 7.30. The van der Waals surface area contributed by atoms with Gasteiger partial charge in [-0.1, -0.05) is 73.3 Å². The second kappa shape index (κ2) is 12.9. The number of nitrogens with zero attached hydrogens (tertiary/aromatic N) is 2. The quantitative estimate of drug-likeness (QED) is 0.147. The maximum absolute atomic E-state index is 15.8. The number of fused-ring (bicyclic) bond motifs is 1. The molecule has 0 bridgehead atoms. The van der Waals surface area contributed by atoms with E-state index in [1.165, 1.54) is 12.3 Å². The molecule has 1 aliphatic rings. The van der Waals surface area contributed by atoms with Crippen LogP contribution in [0.15, 0.2) is 102 Å². The van der Waals surface area contributed by atoms with Gasteiger partial charge >= 0.3 is 13.4 Å². The Labute approximate surface area is 253 Å². The van der Waals surface area contributed by atoms with E-state index in [0.29, 0.717) is 5.39 Å². The molecule has 0 radical (unpaired) electrons. The van der Waals surface area contributed by atoms with Crippen molar-refractivity contribution in [2.24, 2.45) is 0 Å². The molecule has 6 atom stereocenters. The molecule has 1 fully saturated rings. The van der Waals surface area contributed by atoms with E-state index in [2.05, 4.69) is 16.7 Å². The van der Waals surface area contributed by atoms with Crippen molar-refractivity contribution in [3.63, 3.8) is 0 Å². The molecule has 0 aliphatic carbocycles. The molecule has 1 aromatic heterocycles. The van der Waals surface area contributed by atoms with Crippen molar-refractivity contribution in [2.45, 2.75) is 50.6 Å². The van der Waals surface area contributed by atoms with Crippen molar-refractivity contribution < 1.29 is 32.6 Å². The van der Waals surface area contributed by atoms with E-state index in [0.717, 1.165) is 22.4 Å². The Hall–Kier alpha value is -4.06. The zero-order valence-electron chi connectivity index (χ0n) is 24.2. The third-order valence-corrected chi connectivity index (χ3v) is 8.93. The molecule has 5 rings (SSSR count). The summed E-state index contributed by atoms with van der Waals surface area (Å²) in [6.45, 7) is 6.39. The number of rotatable bonds is 12. The Morgan fingerprint density at radius 1 is 1.18 bits per heavy atom. The van der Waals surface area contributed by atoms with Gasteiger partial charge in [0.05, 0.1) is 12.6 Å². The summed E-state index contributed by atoms with van der Waals surface area (Å²) in [6, 6.07) is 22.7. The second-order valence-electron chi connectivity index (χ2n) is 10.6. The maximum Gasteiger partial charge on any atom is 0.459 e. The highest BCUT2D eigenvalue weighted by molar-refractivity contribution is 7.52. The minimum atomic E-state index is -4.28. The fourth-order valence-corrected chi connectivity index (χ4v) is 6.37. The number of aliphatic hydroxyl groups excluding tert-OH is 1. The fraction of sp³-hybridized carbons (Fsp3) is 0.290. The largest absolute Gasteiger partial charge is 0.492 e. The van der Waals surface area contributed by atoms with E-state index in [-0.39, 0.29) is 23.9 Å². The highest BCUT2D eigenvalue weighted by Gasteiger charge is 2.56. The minimum absolute atomic E-state index is 0.0497. The molecule has 4 N–H and O–H groups in total. The van der Waals surface area contributed by atoms with Gasteiger partial charge in [0, 0.05) is 11.6 Å². The van der Waals surface area contributed by atoms with Crippen LogP contribution in [0.25, 0.3) is 10.8 Å². The molecule has 1 saturated heterocycles. The molecule has 0 amide bonds. The zero-order valence-corrected chi connectivity index (χ0v) is 25.1. The lowest BCUT2D eigenvalue weighted by Crippen LogP contribution is -2.43. The lowest BCUT2D eigenvalue weighted by molar-refractivity contribution is -0.0592. The predicted octanol–water partition coefficient (Wildman–Crippen LogP) is 4.88. The molecule has 232 valence electrons. The van der Waals surface area contributed by atoms with Crippen LogP contribution in [0.5, 0.6) is 5.75 Å². The molecule has 13 heteroatoms. The van der Waals surface area contributed by atoms with Crippen LogP contribution in [0.3, 0.4) is 0 Å². The predicted molar refractivity (Wildman–Crippen MR) is 163 cm³/mol. The molecule has 2 heterocycles. The number of nitrogens with two attached hydrogens (primary N) is 1. The van der Waals surface area contributed by atoms with E-state index >= 15 is 4.39 Å². The molecule has 3 unspecified atom stereocenters. The van der Waals surface area contributed by atoms with Gasteiger partial charge in [0.1, 0.15) is 36.1 Å². The van der Waals surface area contributed by atoms with Gasteiger partial charge in [-0.3, -0.25) is 9.09 Å². The number of nitrogens with one attached hydrogen (secondary N) is 1. The Morgan fingerprint density at radius 3 is 2.64 bits per heavy atom. The molecule has 0 saturated carbocycles. The van der Waals surface area contributed by atoms with Crippen LogP contribution in [-0.4, -0.2) is 45.2 Å². The molecule has 3 aromatic carbocycles. The summed E-state index contributed by atoms with van der Waals surface area (Å²) in [4.78, 5) is 16.0. The van der Waals surface area contributed by atoms with Crippen LogP contribution >= 0.6 is 7.75 Å². The van der Waals surface area contributed by atoms with Gasteiger partial charge in [0.25, 0.3) is 0 Å². The van der Waals surface area contributed by atoms with Gasteiger partial charge in [-0.15, -0.1) is 0 Å². The van der Waals surface area contributed by atoms with Crippen molar-refractivity contribution in [1.82, 2.24) is 14.6 Å². The number of nitrogen functional groups attached to an aromatic ring is 1. The molecule has 1 aliphatic heterocycles. The molecule has 0 spiro atoms. The molecule has 44 heavy (non-hydrogen) atoms. The van der Waals surface area contributed by atoms with E-state index in [4.69, 9.17) is 24.3 Å². The topological polar surface area (TPSA) is 147 Å². The van der Waals surface area contributed by atoms with Crippen LogP contribution in [0.1, 0.15) is 25.6 Å². The lowest BCUT2D eigenvalue weighted by atomic mass is 9.98. The number of hydrogen-bond acceptors (Lipinski definition) is 9. The summed E-state index contributed by atoms with van der Waals surface area (Å²) in [7, 11) is -4.28. The van der Waals surface area contributed by atoms with Crippen molar-refractivity contribution in [2.75, 3.05) is 12.3 Å². The minimum Gasteiger partial charge on any atom is -0.492 e. The van der Waals surface area contributed by atoms with Crippen molar-refractivity contribution >= 4 is 24.3 Å². The normalized spacial score (nSPS) is 23.6. The first-order chi connectivity index (χ1) is 21.0. The third kappa shape index (κ3) is 6.85. The Morgan fingerprint density at radius 2 is 1.89 bits per heavy atom. The van der Waals surface area contributed by atoms with Crippen LogP contribution in [0, 0.1) is 0 Å². The molecule has 11 nitrogen and oxygen atoms in total. The lowest BCUT2D eigenvalue weighted by Gasteiger charge is -2.26. The number of hydrogen-bond donors (Lipinski definition) is 3. The molecule has 4 aromatic rings. The smallest absolute Gasteiger partial charge is 0.459 e. The first kappa shape index (κ1) is 31.4. The maximum atomic E-state index is 15.8. The average molecular weight is 625 g/mol. The number of halogens is 1. The summed E-state index contributed by atoms with van der Waals surface area (Å²) in [6.07, 6.45) is -3.42. The number of aromatic nitrogens is 2. The summed E-state index contributed by atoms with van der Waals surface area (Å²) < 4.78 is 54.3. The van der Waals surface area contributed by atoms with Crippen LogP contribution < -0.4 is 21.0 Å².